The van der Waals surface area contributed by atoms with Crippen LogP contribution in [0.15, 0.2) is 41.3 Å². The van der Waals surface area contributed by atoms with Gasteiger partial charge in [-0.05, 0) is 49.8 Å². The average molecular weight is 490 g/mol. The van der Waals surface area contributed by atoms with Gasteiger partial charge in [0.2, 0.25) is 21.7 Å². The van der Waals surface area contributed by atoms with Gasteiger partial charge in [0.1, 0.15) is 6.04 Å². The van der Waals surface area contributed by atoms with Gasteiger partial charge in [0, 0.05) is 18.7 Å². The van der Waals surface area contributed by atoms with E-state index in [9.17, 15) is 22.8 Å². The van der Waals surface area contributed by atoms with E-state index in [-0.39, 0.29) is 30.2 Å². The molecule has 10 nitrogen and oxygen atoms in total. The standard InChI is InChI=1S/C23H31N5O5S/c1-15(2)13-20(28-34(32,33)18-8-4-3-5-9-18)22(30)25-19-10-6-7-16-14-17(27-26-16)11-12-24-23(31)21(19)29/h3-5,8-9,14-15,19-20,28H,6-7,10-13H2,1-2H3,(H,24,31)(H,25,30)(H,26,27). The summed E-state index contributed by atoms with van der Waals surface area (Å²) in [6, 6.07) is 7.51. The third-order valence-corrected chi connectivity index (χ3v) is 7.01. The van der Waals surface area contributed by atoms with Crippen LogP contribution in [0.25, 0.3) is 0 Å². The van der Waals surface area contributed by atoms with Crippen molar-refractivity contribution in [3.63, 3.8) is 0 Å². The van der Waals surface area contributed by atoms with Gasteiger partial charge in [-0.1, -0.05) is 32.0 Å². The van der Waals surface area contributed by atoms with Gasteiger partial charge in [-0.15, -0.1) is 0 Å². The van der Waals surface area contributed by atoms with E-state index in [0.29, 0.717) is 19.3 Å². The van der Waals surface area contributed by atoms with E-state index < -0.39 is 39.7 Å². The number of ketones is 1. The second-order valence-corrected chi connectivity index (χ2v) is 10.5. The van der Waals surface area contributed by atoms with Gasteiger partial charge >= 0.3 is 0 Å². The number of aromatic amines is 1. The molecule has 4 N–H and O–H groups in total. The zero-order valence-corrected chi connectivity index (χ0v) is 20.2. The average Bonchev–Trinajstić information content (AvgIpc) is 3.24. The van der Waals surface area contributed by atoms with Gasteiger partial charge in [-0.2, -0.15) is 9.82 Å². The Kier molecular flexibility index (Phi) is 8.56. The van der Waals surface area contributed by atoms with E-state index in [1.165, 1.54) is 12.1 Å². The highest BCUT2D eigenvalue weighted by Crippen LogP contribution is 2.14. The molecule has 0 saturated heterocycles. The van der Waals surface area contributed by atoms with Crippen LogP contribution in [0.1, 0.15) is 44.5 Å². The van der Waals surface area contributed by atoms with E-state index >= 15 is 0 Å². The van der Waals surface area contributed by atoms with Crippen molar-refractivity contribution >= 4 is 27.6 Å². The fourth-order valence-corrected chi connectivity index (χ4v) is 5.02. The normalized spacial score (nSPS) is 18.5. The molecule has 11 heteroatoms. The monoisotopic (exact) mass is 489 g/mol. The number of nitrogens with zero attached hydrogens (tertiary/aromatic N) is 1. The minimum absolute atomic E-state index is 0.000828. The summed E-state index contributed by atoms with van der Waals surface area (Å²) in [7, 11) is -3.96. The fraction of sp³-hybridized carbons (Fsp3) is 0.478. The smallest absolute Gasteiger partial charge is 0.289 e. The van der Waals surface area contributed by atoms with Crippen molar-refractivity contribution in [2.75, 3.05) is 6.54 Å². The Morgan fingerprint density at radius 1 is 1.18 bits per heavy atom. The van der Waals surface area contributed by atoms with E-state index in [4.69, 9.17) is 0 Å². The predicted molar refractivity (Wildman–Crippen MR) is 125 cm³/mol. The largest absolute Gasteiger partial charge is 0.349 e. The Balaban J connectivity index is 1.76. The molecule has 1 aromatic carbocycles. The summed E-state index contributed by atoms with van der Waals surface area (Å²) in [5.41, 5.74) is 1.71. The minimum atomic E-state index is -3.96. The quantitative estimate of drug-likeness (QED) is 0.424. The van der Waals surface area contributed by atoms with Crippen LogP contribution in [0.4, 0.5) is 0 Å². The lowest BCUT2D eigenvalue weighted by atomic mass is 10.0. The molecule has 0 fully saturated rings. The Bertz CT molecular complexity index is 1110. The zero-order chi connectivity index (χ0) is 24.7. The predicted octanol–water partition coefficient (Wildman–Crippen LogP) is 0.852. The Morgan fingerprint density at radius 3 is 2.62 bits per heavy atom. The Labute approximate surface area is 199 Å². The molecule has 2 amide bonds. The number of nitrogens with one attached hydrogen (secondary N) is 4. The minimum Gasteiger partial charge on any atom is -0.349 e. The fourth-order valence-electron chi connectivity index (χ4n) is 3.79. The number of amides is 2. The van der Waals surface area contributed by atoms with Crippen molar-refractivity contribution in [2.45, 2.75) is 62.9 Å². The van der Waals surface area contributed by atoms with Crippen LogP contribution in [-0.4, -0.2) is 54.8 Å². The maximum Gasteiger partial charge on any atom is 0.289 e. The van der Waals surface area contributed by atoms with Gasteiger partial charge in [0.15, 0.2) is 0 Å². The topological polar surface area (TPSA) is 150 Å². The number of H-pyrrole nitrogens is 1. The van der Waals surface area contributed by atoms with Crippen LogP contribution in [0.5, 0.6) is 0 Å². The molecule has 2 atom stereocenters. The molecule has 184 valence electrons. The molecule has 34 heavy (non-hydrogen) atoms. The second kappa shape index (κ2) is 11.4. The number of fused-ring (bicyclic) bond motifs is 2. The van der Waals surface area contributed by atoms with Crippen molar-refractivity contribution in [2.24, 2.45) is 5.92 Å². The van der Waals surface area contributed by atoms with Crippen molar-refractivity contribution in [3.05, 3.63) is 47.8 Å². The summed E-state index contributed by atoms with van der Waals surface area (Å²) >= 11 is 0. The SMILES string of the molecule is CC(C)CC(NS(=O)(=O)c1ccccc1)C(=O)NC1CCCc2cc(n[nH]2)CCNC(=O)C1=O. The molecule has 0 radical (unpaired) electrons. The molecule has 1 aromatic heterocycles. The number of hydrogen-bond acceptors (Lipinski definition) is 6. The first-order chi connectivity index (χ1) is 16.2. The van der Waals surface area contributed by atoms with Crippen LogP contribution in [0, 0.1) is 5.92 Å². The second-order valence-electron chi connectivity index (χ2n) is 8.82. The zero-order valence-electron chi connectivity index (χ0n) is 19.3. The van der Waals surface area contributed by atoms with Crippen LogP contribution in [-0.2, 0) is 37.2 Å². The van der Waals surface area contributed by atoms with E-state index in [1.807, 2.05) is 19.9 Å². The molecule has 0 aliphatic carbocycles. The van der Waals surface area contributed by atoms with Gasteiger partial charge in [-0.25, -0.2) is 8.42 Å². The van der Waals surface area contributed by atoms with Crippen LogP contribution < -0.4 is 15.4 Å². The molecule has 2 aromatic rings. The van der Waals surface area contributed by atoms with E-state index in [2.05, 4.69) is 25.6 Å². The molecule has 0 saturated carbocycles. The van der Waals surface area contributed by atoms with Crippen molar-refractivity contribution in [1.82, 2.24) is 25.6 Å². The highest BCUT2D eigenvalue weighted by molar-refractivity contribution is 7.89. The van der Waals surface area contributed by atoms with Gasteiger partial charge in [0.05, 0.1) is 16.6 Å². The van der Waals surface area contributed by atoms with Crippen LogP contribution in [0.2, 0.25) is 0 Å². The number of Topliss-reactive ketones (excluding diaryl/α,β-unsaturated/α-hetero) is 1. The molecule has 1 aliphatic heterocycles. The van der Waals surface area contributed by atoms with Gasteiger partial charge in [-0.3, -0.25) is 19.5 Å². The summed E-state index contributed by atoms with van der Waals surface area (Å²) in [4.78, 5) is 38.4. The molecular formula is C23H31N5O5S. The Morgan fingerprint density at radius 2 is 1.91 bits per heavy atom. The molecular weight excluding hydrogens is 458 g/mol. The number of aryl methyl sites for hydroxylation is 1. The molecule has 0 spiro atoms. The van der Waals surface area contributed by atoms with Crippen molar-refractivity contribution < 1.29 is 22.8 Å². The molecule has 3 rings (SSSR count). The summed E-state index contributed by atoms with van der Waals surface area (Å²) in [6.07, 6.45) is 2.05. The van der Waals surface area contributed by atoms with Gasteiger partial charge in [0.25, 0.3) is 5.91 Å². The lowest BCUT2D eigenvalue weighted by molar-refractivity contribution is -0.140. The number of benzene rings is 1. The first kappa shape index (κ1) is 25.6. The van der Waals surface area contributed by atoms with E-state index in [0.717, 1.165) is 11.4 Å². The molecule has 1 aliphatic rings. The third-order valence-electron chi connectivity index (χ3n) is 5.52. The van der Waals surface area contributed by atoms with Gasteiger partial charge < -0.3 is 10.6 Å². The first-order valence-corrected chi connectivity index (χ1v) is 12.9. The summed E-state index contributed by atoms with van der Waals surface area (Å²) in [5, 5.41) is 12.3. The van der Waals surface area contributed by atoms with E-state index in [1.54, 1.807) is 18.2 Å². The lowest BCUT2D eigenvalue weighted by Gasteiger charge is -2.24. The molecule has 2 unspecified atom stereocenters. The number of carbonyl (C=O) groups excluding carboxylic acids is 3. The number of rotatable bonds is 7. The maximum absolute atomic E-state index is 13.1. The molecule has 2 bridgehead atoms. The number of aromatic nitrogens is 2. The highest BCUT2D eigenvalue weighted by Gasteiger charge is 2.32. The number of carbonyl (C=O) groups is 3. The number of hydrogen-bond donors (Lipinski definition) is 4. The summed E-state index contributed by atoms with van der Waals surface area (Å²) in [5.74, 6) is -2.18. The first-order valence-electron chi connectivity index (χ1n) is 11.4. The highest BCUT2D eigenvalue weighted by atomic mass is 32.2. The maximum atomic E-state index is 13.1. The van der Waals surface area contributed by atoms with Crippen LogP contribution in [0.3, 0.4) is 0 Å². The van der Waals surface area contributed by atoms with Crippen molar-refractivity contribution in [3.8, 4) is 0 Å². The molecule has 2 heterocycles. The lowest BCUT2D eigenvalue weighted by Crippen LogP contribution is -2.54. The summed E-state index contributed by atoms with van der Waals surface area (Å²) < 4.78 is 28.1. The Hall–Kier alpha value is -3.05. The number of sulfonamides is 1. The van der Waals surface area contributed by atoms with Crippen LogP contribution >= 0.6 is 0 Å². The van der Waals surface area contributed by atoms with Crippen molar-refractivity contribution in [1.29, 1.82) is 0 Å². The third kappa shape index (κ3) is 6.97. The summed E-state index contributed by atoms with van der Waals surface area (Å²) in [6.45, 7) is 3.97.